The van der Waals surface area contributed by atoms with Gasteiger partial charge in [-0.3, -0.25) is 14.9 Å². The van der Waals surface area contributed by atoms with Crippen LogP contribution in [0, 0.1) is 0 Å². The zero-order chi connectivity index (χ0) is 16.8. The number of nitrogens with one attached hydrogen (secondary N) is 1. The summed E-state index contributed by atoms with van der Waals surface area (Å²) in [6.07, 6.45) is 3.35. The van der Waals surface area contributed by atoms with Crippen LogP contribution in [0.15, 0.2) is 41.8 Å². The number of benzene rings is 1. The molecular weight excluding hydrogens is 328 g/mol. The number of thioether (sulfide) groups is 1. The van der Waals surface area contributed by atoms with Crippen molar-refractivity contribution in [2.75, 3.05) is 5.75 Å². The van der Waals surface area contributed by atoms with E-state index >= 15 is 0 Å². The van der Waals surface area contributed by atoms with E-state index in [1.165, 1.54) is 36.0 Å². The molecule has 122 valence electrons. The van der Waals surface area contributed by atoms with Crippen LogP contribution in [0.4, 0.5) is 8.78 Å². The zero-order valence-corrected chi connectivity index (χ0v) is 12.8. The number of ether oxygens (including phenoxy) is 1. The van der Waals surface area contributed by atoms with Crippen molar-refractivity contribution in [3.8, 4) is 5.75 Å². The number of nitrogens with zero attached hydrogens (tertiary/aromatic N) is 2. The quantitative estimate of drug-likeness (QED) is 0.815. The number of aromatic nitrogens is 2. The zero-order valence-electron chi connectivity index (χ0n) is 12.0. The predicted molar refractivity (Wildman–Crippen MR) is 79.5 cm³/mol. The van der Waals surface area contributed by atoms with Crippen molar-refractivity contribution in [1.29, 1.82) is 0 Å². The molecule has 0 aliphatic rings. The standard InChI is InChI=1S/C14H13F2N3O3S/c1-19-7-6-17-14(19)23-8-11(20)18-12(21)9-2-4-10(5-3-9)22-13(15)16/h2-7,13H,8H2,1H3,(H,18,20,21). The number of halogens is 2. The molecule has 0 saturated heterocycles. The lowest BCUT2D eigenvalue weighted by atomic mass is 10.2. The summed E-state index contributed by atoms with van der Waals surface area (Å²) in [5, 5.41) is 2.87. The summed E-state index contributed by atoms with van der Waals surface area (Å²) in [4.78, 5) is 27.6. The van der Waals surface area contributed by atoms with Gasteiger partial charge in [-0.1, -0.05) is 11.8 Å². The molecule has 0 aliphatic carbocycles. The first-order valence-electron chi connectivity index (χ1n) is 6.45. The number of imide groups is 1. The first-order chi connectivity index (χ1) is 11.0. The van der Waals surface area contributed by atoms with Crippen molar-refractivity contribution < 1.29 is 23.1 Å². The second-order valence-corrected chi connectivity index (χ2v) is 5.33. The first kappa shape index (κ1) is 16.9. The fourth-order valence-electron chi connectivity index (χ4n) is 1.64. The molecule has 1 N–H and O–H groups in total. The molecule has 6 nitrogen and oxygen atoms in total. The summed E-state index contributed by atoms with van der Waals surface area (Å²) in [6, 6.07) is 5.06. The Labute approximate surface area is 134 Å². The number of hydrogen-bond acceptors (Lipinski definition) is 5. The number of amides is 2. The molecule has 9 heteroatoms. The molecular formula is C14H13F2N3O3S. The van der Waals surface area contributed by atoms with Gasteiger partial charge >= 0.3 is 6.61 Å². The third kappa shape index (κ3) is 5.06. The van der Waals surface area contributed by atoms with E-state index in [0.29, 0.717) is 5.16 Å². The minimum atomic E-state index is -2.93. The molecule has 0 radical (unpaired) electrons. The number of alkyl halides is 2. The third-order valence-corrected chi connectivity index (χ3v) is 3.76. The van der Waals surface area contributed by atoms with Gasteiger partial charge in [0.2, 0.25) is 5.91 Å². The van der Waals surface area contributed by atoms with E-state index in [0.717, 1.165) is 0 Å². The molecule has 0 aliphatic heterocycles. The lowest BCUT2D eigenvalue weighted by molar-refractivity contribution is -0.117. The average Bonchev–Trinajstić information content (AvgIpc) is 2.90. The van der Waals surface area contributed by atoms with E-state index in [2.05, 4.69) is 15.0 Å². The van der Waals surface area contributed by atoms with Gasteiger partial charge in [0.15, 0.2) is 5.16 Å². The van der Waals surface area contributed by atoms with Crippen molar-refractivity contribution in [2.24, 2.45) is 7.05 Å². The van der Waals surface area contributed by atoms with Gasteiger partial charge in [-0.05, 0) is 24.3 Å². The number of rotatable bonds is 6. The van der Waals surface area contributed by atoms with Crippen LogP contribution in [0.5, 0.6) is 5.75 Å². The minimum Gasteiger partial charge on any atom is -0.435 e. The van der Waals surface area contributed by atoms with Gasteiger partial charge in [-0.15, -0.1) is 0 Å². The lowest BCUT2D eigenvalue weighted by Crippen LogP contribution is -2.31. The van der Waals surface area contributed by atoms with Gasteiger partial charge in [-0.25, -0.2) is 4.98 Å². The van der Waals surface area contributed by atoms with Crippen LogP contribution in [0.3, 0.4) is 0 Å². The minimum absolute atomic E-state index is 0.0309. The molecule has 2 aromatic rings. The highest BCUT2D eigenvalue weighted by molar-refractivity contribution is 7.99. The lowest BCUT2D eigenvalue weighted by Gasteiger charge is -2.06. The summed E-state index contributed by atoms with van der Waals surface area (Å²) >= 11 is 1.19. The molecule has 0 spiro atoms. The van der Waals surface area contributed by atoms with Crippen molar-refractivity contribution in [1.82, 2.24) is 14.9 Å². The Morgan fingerprint density at radius 1 is 1.35 bits per heavy atom. The van der Waals surface area contributed by atoms with Crippen LogP contribution in [0.2, 0.25) is 0 Å². The van der Waals surface area contributed by atoms with Crippen molar-refractivity contribution in [2.45, 2.75) is 11.8 Å². The molecule has 1 aromatic heterocycles. The van der Waals surface area contributed by atoms with E-state index in [1.807, 2.05) is 0 Å². The van der Waals surface area contributed by atoms with Gasteiger partial charge in [0, 0.05) is 25.0 Å². The Morgan fingerprint density at radius 2 is 2.04 bits per heavy atom. The molecule has 2 rings (SSSR count). The van der Waals surface area contributed by atoms with Crippen LogP contribution in [0.25, 0.3) is 0 Å². The summed E-state index contributed by atoms with van der Waals surface area (Å²) in [5.41, 5.74) is 0.168. The highest BCUT2D eigenvalue weighted by atomic mass is 32.2. The van der Waals surface area contributed by atoms with E-state index in [1.54, 1.807) is 24.0 Å². The Kier molecular flexibility index (Phi) is 5.69. The SMILES string of the molecule is Cn1ccnc1SCC(=O)NC(=O)c1ccc(OC(F)F)cc1. The van der Waals surface area contributed by atoms with Crippen molar-refractivity contribution >= 4 is 23.6 Å². The number of imidazole rings is 1. The Balaban J connectivity index is 1.85. The molecule has 0 fully saturated rings. The number of carbonyl (C=O) groups excluding carboxylic acids is 2. The fraction of sp³-hybridized carbons (Fsp3) is 0.214. The Morgan fingerprint density at radius 3 is 2.61 bits per heavy atom. The molecule has 1 aromatic carbocycles. The smallest absolute Gasteiger partial charge is 0.387 e. The topological polar surface area (TPSA) is 73.2 Å². The predicted octanol–water partition coefficient (Wildman–Crippen LogP) is 2.07. The van der Waals surface area contributed by atoms with Gasteiger partial charge in [0.1, 0.15) is 5.75 Å². The van der Waals surface area contributed by atoms with E-state index in [9.17, 15) is 18.4 Å². The van der Waals surface area contributed by atoms with Crippen LogP contribution in [0.1, 0.15) is 10.4 Å². The van der Waals surface area contributed by atoms with Crippen LogP contribution < -0.4 is 10.1 Å². The highest BCUT2D eigenvalue weighted by Gasteiger charge is 2.12. The van der Waals surface area contributed by atoms with E-state index in [-0.39, 0.29) is 17.1 Å². The fourth-order valence-corrected chi connectivity index (χ4v) is 2.38. The first-order valence-corrected chi connectivity index (χ1v) is 7.43. The van der Waals surface area contributed by atoms with Crippen LogP contribution >= 0.6 is 11.8 Å². The van der Waals surface area contributed by atoms with Gasteiger partial charge in [0.25, 0.3) is 5.91 Å². The Bertz CT molecular complexity index is 689. The number of carbonyl (C=O) groups is 2. The van der Waals surface area contributed by atoms with E-state index < -0.39 is 18.4 Å². The van der Waals surface area contributed by atoms with Gasteiger partial charge < -0.3 is 9.30 Å². The number of hydrogen-bond donors (Lipinski definition) is 1. The summed E-state index contributed by atoms with van der Waals surface area (Å²) in [5.74, 6) is -1.12. The van der Waals surface area contributed by atoms with Crippen molar-refractivity contribution in [3.63, 3.8) is 0 Å². The molecule has 0 unspecified atom stereocenters. The molecule has 0 atom stereocenters. The summed E-state index contributed by atoms with van der Waals surface area (Å²) < 4.78 is 30.0. The molecule has 23 heavy (non-hydrogen) atoms. The van der Waals surface area contributed by atoms with Crippen LogP contribution in [-0.4, -0.2) is 33.7 Å². The van der Waals surface area contributed by atoms with Crippen LogP contribution in [-0.2, 0) is 11.8 Å². The monoisotopic (exact) mass is 341 g/mol. The second-order valence-electron chi connectivity index (χ2n) is 4.39. The third-order valence-electron chi connectivity index (χ3n) is 2.70. The molecule has 1 heterocycles. The maximum absolute atomic E-state index is 12.0. The summed E-state index contributed by atoms with van der Waals surface area (Å²) in [6.45, 7) is -2.93. The largest absolute Gasteiger partial charge is 0.435 e. The number of aryl methyl sites for hydroxylation is 1. The molecule has 0 saturated carbocycles. The average molecular weight is 341 g/mol. The second kappa shape index (κ2) is 7.73. The highest BCUT2D eigenvalue weighted by Crippen LogP contribution is 2.16. The molecule has 0 bridgehead atoms. The van der Waals surface area contributed by atoms with Gasteiger partial charge in [0.05, 0.1) is 5.75 Å². The maximum atomic E-state index is 12.0. The maximum Gasteiger partial charge on any atom is 0.387 e. The summed E-state index contributed by atoms with van der Waals surface area (Å²) in [7, 11) is 1.79. The Hall–Kier alpha value is -2.42. The van der Waals surface area contributed by atoms with Crippen molar-refractivity contribution in [3.05, 3.63) is 42.2 Å². The molecule has 2 amide bonds. The van der Waals surface area contributed by atoms with E-state index in [4.69, 9.17) is 0 Å². The normalized spacial score (nSPS) is 10.6. The van der Waals surface area contributed by atoms with Gasteiger partial charge in [-0.2, -0.15) is 8.78 Å².